The van der Waals surface area contributed by atoms with E-state index in [0.717, 1.165) is 22.2 Å². The van der Waals surface area contributed by atoms with E-state index in [1.54, 1.807) is 24.4 Å². The molecule has 0 radical (unpaired) electrons. The molecule has 4 heteroatoms. The van der Waals surface area contributed by atoms with Crippen LogP contribution in [0.25, 0.3) is 16.7 Å². The SMILES string of the molecule is O=Cc1ccccc1-n1ccc2c1ccc[n+]2[O-]. The fraction of sp³-hybridized carbons (Fsp3) is 0. The lowest BCUT2D eigenvalue weighted by Crippen LogP contribution is -2.25. The number of nitrogens with zero attached hydrogens (tertiary/aromatic N) is 2. The highest BCUT2D eigenvalue weighted by Gasteiger charge is 2.11. The Morgan fingerprint density at radius 3 is 2.78 bits per heavy atom. The van der Waals surface area contributed by atoms with Crippen LogP contribution < -0.4 is 4.73 Å². The lowest BCUT2D eigenvalue weighted by Gasteiger charge is -2.07. The van der Waals surface area contributed by atoms with Crippen LogP contribution in [0.4, 0.5) is 0 Å². The standard InChI is InChI=1S/C14H10N2O2/c17-10-11-4-1-2-5-12(11)15-9-7-14-13(15)6-3-8-16(14)18/h1-10H. The number of carbonyl (C=O) groups is 1. The second-order valence-corrected chi connectivity index (χ2v) is 3.97. The molecule has 0 bridgehead atoms. The lowest BCUT2D eigenvalue weighted by atomic mass is 10.2. The summed E-state index contributed by atoms with van der Waals surface area (Å²) in [6.07, 6.45) is 4.06. The topological polar surface area (TPSA) is 48.9 Å². The van der Waals surface area contributed by atoms with Crippen molar-refractivity contribution in [2.24, 2.45) is 0 Å². The van der Waals surface area contributed by atoms with Crippen LogP contribution >= 0.6 is 0 Å². The van der Waals surface area contributed by atoms with Gasteiger partial charge in [0.25, 0.3) is 0 Å². The zero-order valence-corrected chi connectivity index (χ0v) is 9.48. The van der Waals surface area contributed by atoms with Gasteiger partial charge in [-0.05, 0) is 18.2 Å². The number of aromatic nitrogens is 2. The summed E-state index contributed by atoms with van der Waals surface area (Å²) in [7, 11) is 0. The van der Waals surface area contributed by atoms with Gasteiger partial charge in [0.1, 0.15) is 5.52 Å². The second kappa shape index (κ2) is 4.00. The molecule has 0 aliphatic carbocycles. The van der Waals surface area contributed by atoms with E-state index in [9.17, 15) is 10.0 Å². The molecule has 2 heterocycles. The van der Waals surface area contributed by atoms with Crippen molar-refractivity contribution in [1.82, 2.24) is 4.57 Å². The molecule has 3 aromatic rings. The summed E-state index contributed by atoms with van der Waals surface area (Å²) < 4.78 is 2.66. The fourth-order valence-corrected chi connectivity index (χ4v) is 2.10. The van der Waals surface area contributed by atoms with Gasteiger partial charge in [0.05, 0.1) is 5.69 Å². The first-order valence-electron chi connectivity index (χ1n) is 5.55. The van der Waals surface area contributed by atoms with Gasteiger partial charge in [0, 0.05) is 23.9 Å². The minimum absolute atomic E-state index is 0.582. The van der Waals surface area contributed by atoms with E-state index in [1.807, 2.05) is 28.8 Å². The van der Waals surface area contributed by atoms with Crippen LogP contribution in [0.3, 0.4) is 0 Å². The Morgan fingerprint density at radius 1 is 1.11 bits per heavy atom. The Hall–Kier alpha value is -2.62. The van der Waals surface area contributed by atoms with Crippen molar-refractivity contribution in [3.63, 3.8) is 0 Å². The van der Waals surface area contributed by atoms with Gasteiger partial charge in [0.15, 0.2) is 12.5 Å². The number of fused-ring (bicyclic) bond motifs is 1. The van der Waals surface area contributed by atoms with E-state index >= 15 is 0 Å². The van der Waals surface area contributed by atoms with Crippen LogP contribution in [0.2, 0.25) is 0 Å². The predicted molar refractivity (Wildman–Crippen MR) is 67.6 cm³/mol. The first kappa shape index (κ1) is 10.5. The first-order chi connectivity index (χ1) is 8.81. The summed E-state index contributed by atoms with van der Waals surface area (Å²) in [4.78, 5) is 11.0. The normalized spacial score (nSPS) is 10.7. The minimum atomic E-state index is 0.582. The van der Waals surface area contributed by atoms with Crippen molar-refractivity contribution in [2.75, 3.05) is 0 Å². The Morgan fingerprint density at radius 2 is 1.94 bits per heavy atom. The summed E-state index contributed by atoms with van der Waals surface area (Å²) in [5.74, 6) is 0. The molecular formula is C14H10N2O2. The molecule has 0 saturated heterocycles. The molecule has 2 aromatic heterocycles. The smallest absolute Gasteiger partial charge is 0.242 e. The van der Waals surface area contributed by atoms with Crippen molar-refractivity contribution in [3.8, 4) is 5.69 Å². The highest BCUT2D eigenvalue weighted by atomic mass is 16.5. The molecule has 0 spiro atoms. The fourth-order valence-electron chi connectivity index (χ4n) is 2.10. The van der Waals surface area contributed by atoms with Crippen LogP contribution in [-0.4, -0.2) is 10.9 Å². The summed E-state index contributed by atoms with van der Waals surface area (Å²) in [5.41, 5.74) is 2.73. The van der Waals surface area contributed by atoms with Gasteiger partial charge in [-0.1, -0.05) is 12.1 Å². The van der Waals surface area contributed by atoms with Crippen molar-refractivity contribution in [2.45, 2.75) is 0 Å². The summed E-state index contributed by atoms with van der Waals surface area (Å²) >= 11 is 0. The molecule has 0 amide bonds. The van der Waals surface area contributed by atoms with E-state index in [-0.39, 0.29) is 0 Å². The van der Waals surface area contributed by atoms with Crippen molar-refractivity contribution >= 4 is 17.3 Å². The maximum atomic E-state index is 11.6. The molecule has 3 rings (SSSR count). The van der Waals surface area contributed by atoms with Gasteiger partial charge in [-0.2, -0.15) is 4.73 Å². The third-order valence-corrected chi connectivity index (χ3v) is 2.94. The average molecular weight is 238 g/mol. The second-order valence-electron chi connectivity index (χ2n) is 3.97. The number of rotatable bonds is 2. The quantitative estimate of drug-likeness (QED) is 0.390. The average Bonchev–Trinajstić information content (AvgIpc) is 2.84. The molecule has 0 saturated carbocycles. The van der Waals surface area contributed by atoms with E-state index < -0.39 is 0 Å². The number of aldehydes is 1. The molecule has 0 N–H and O–H groups in total. The van der Waals surface area contributed by atoms with Gasteiger partial charge in [-0.25, -0.2) is 0 Å². The molecule has 18 heavy (non-hydrogen) atoms. The van der Waals surface area contributed by atoms with Crippen molar-refractivity contribution < 1.29 is 9.52 Å². The number of hydrogen-bond acceptors (Lipinski definition) is 2. The zero-order valence-electron chi connectivity index (χ0n) is 9.48. The van der Waals surface area contributed by atoms with E-state index in [4.69, 9.17) is 0 Å². The van der Waals surface area contributed by atoms with E-state index in [1.165, 1.54) is 6.20 Å². The number of para-hydroxylation sites is 1. The Labute approximate surface area is 103 Å². The Balaban J connectivity index is 2.32. The van der Waals surface area contributed by atoms with Crippen molar-refractivity contribution in [3.05, 3.63) is 65.6 Å². The highest BCUT2D eigenvalue weighted by Crippen LogP contribution is 2.19. The van der Waals surface area contributed by atoms with Gasteiger partial charge >= 0.3 is 0 Å². The third-order valence-electron chi connectivity index (χ3n) is 2.94. The third kappa shape index (κ3) is 1.47. The van der Waals surface area contributed by atoms with Gasteiger partial charge in [-0.3, -0.25) is 4.79 Å². The van der Waals surface area contributed by atoms with Crippen molar-refractivity contribution in [1.29, 1.82) is 0 Å². The van der Waals surface area contributed by atoms with Crippen LogP contribution in [0.5, 0.6) is 0 Å². The van der Waals surface area contributed by atoms with E-state index in [0.29, 0.717) is 11.1 Å². The van der Waals surface area contributed by atoms with Crippen LogP contribution in [0, 0.1) is 5.21 Å². The van der Waals surface area contributed by atoms with E-state index in [2.05, 4.69) is 0 Å². The zero-order chi connectivity index (χ0) is 12.5. The summed E-state index contributed by atoms with van der Waals surface area (Å²) in [5, 5.41) is 11.6. The largest absolute Gasteiger partial charge is 0.618 e. The molecule has 0 unspecified atom stereocenters. The minimum Gasteiger partial charge on any atom is -0.618 e. The molecule has 4 nitrogen and oxygen atoms in total. The number of pyridine rings is 1. The maximum absolute atomic E-state index is 11.6. The number of hydrogen-bond donors (Lipinski definition) is 0. The molecule has 1 aromatic carbocycles. The van der Waals surface area contributed by atoms with Crippen LogP contribution in [-0.2, 0) is 0 Å². The monoisotopic (exact) mass is 238 g/mol. The highest BCUT2D eigenvalue weighted by molar-refractivity contribution is 5.84. The molecule has 0 fully saturated rings. The summed E-state index contributed by atoms with van der Waals surface area (Å²) in [6, 6.07) is 12.6. The van der Waals surface area contributed by atoms with Crippen LogP contribution in [0.15, 0.2) is 54.9 Å². The van der Waals surface area contributed by atoms with Gasteiger partial charge in [-0.15, -0.1) is 0 Å². The molecule has 0 aliphatic heterocycles. The van der Waals surface area contributed by atoms with Gasteiger partial charge < -0.3 is 9.77 Å². The Kier molecular flexibility index (Phi) is 2.34. The number of carbonyl (C=O) groups excluding carboxylic acids is 1. The number of benzene rings is 1. The van der Waals surface area contributed by atoms with Gasteiger partial charge in [0.2, 0.25) is 5.52 Å². The predicted octanol–water partition coefficient (Wildman–Crippen LogP) is 2.08. The molecule has 0 atom stereocenters. The molecule has 0 aliphatic rings. The van der Waals surface area contributed by atoms with Crippen LogP contribution in [0.1, 0.15) is 10.4 Å². The molecular weight excluding hydrogens is 228 g/mol. The summed E-state index contributed by atoms with van der Waals surface area (Å²) in [6.45, 7) is 0. The first-order valence-corrected chi connectivity index (χ1v) is 5.55. The maximum Gasteiger partial charge on any atom is 0.242 e. The molecule has 88 valence electrons. The Bertz CT molecular complexity index is 731. The lowest BCUT2D eigenvalue weighted by molar-refractivity contribution is -0.576.